The number of carbonyl (C=O) groups excluding carboxylic acids is 1. The first-order valence-corrected chi connectivity index (χ1v) is 9.43. The van der Waals surface area contributed by atoms with E-state index in [1.54, 1.807) is 6.08 Å². The van der Waals surface area contributed by atoms with E-state index in [-0.39, 0.29) is 24.0 Å². The van der Waals surface area contributed by atoms with Crippen molar-refractivity contribution in [2.75, 3.05) is 18.1 Å². The van der Waals surface area contributed by atoms with Gasteiger partial charge in [0.1, 0.15) is 0 Å². The van der Waals surface area contributed by atoms with Gasteiger partial charge in [0, 0.05) is 12.6 Å². The molecule has 2 rings (SSSR count). The molecule has 0 aromatic heterocycles. The van der Waals surface area contributed by atoms with E-state index in [0.29, 0.717) is 6.42 Å². The Morgan fingerprint density at radius 1 is 1.17 bits per heavy atom. The van der Waals surface area contributed by atoms with Crippen molar-refractivity contribution in [3.8, 4) is 0 Å². The molecule has 0 spiro atoms. The van der Waals surface area contributed by atoms with E-state index in [1.807, 2.05) is 48.6 Å². The molecule has 23 heavy (non-hydrogen) atoms. The summed E-state index contributed by atoms with van der Waals surface area (Å²) in [5, 5.41) is 2.61. The lowest BCUT2D eigenvalue weighted by Gasteiger charge is -2.06. The monoisotopic (exact) mass is 331 g/mol. The number of amides is 1. The molecule has 0 unspecified atom stereocenters. The molecule has 122 valence electrons. The van der Waals surface area contributed by atoms with Gasteiger partial charge >= 0.3 is 0 Å². The van der Waals surface area contributed by atoms with E-state index in [1.165, 1.54) is 6.08 Å². The van der Waals surface area contributed by atoms with E-state index in [9.17, 15) is 13.2 Å². The van der Waals surface area contributed by atoms with Crippen molar-refractivity contribution in [1.82, 2.24) is 5.32 Å². The summed E-state index contributed by atoms with van der Waals surface area (Å²) < 4.78 is 23.9. The zero-order valence-corrected chi connectivity index (χ0v) is 13.8. The van der Waals surface area contributed by atoms with Gasteiger partial charge in [0.05, 0.1) is 11.5 Å². The van der Waals surface area contributed by atoms with Crippen LogP contribution in [0.1, 0.15) is 18.4 Å². The average molecular weight is 331 g/mol. The fraction of sp³-hybridized carbons (Fsp3) is 0.278. The maximum atomic E-state index is 11.9. The topological polar surface area (TPSA) is 63.2 Å². The van der Waals surface area contributed by atoms with Gasteiger partial charge in [-0.2, -0.15) is 0 Å². The Morgan fingerprint density at radius 3 is 2.65 bits per heavy atom. The van der Waals surface area contributed by atoms with Crippen LogP contribution in [-0.2, 0) is 14.6 Å². The van der Waals surface area contributed by atoms with Crippen LogP contribution in [0.15, 0.2) is 60.2 Å². The van der Waals surface area contributed by atoms with Crippen molar-refractivity contribution in [3.05, 3.63) is 65.8 Å². The summed E-state index contributed by atoms with van der Waals surface area (Å²) in [4.78, 5) is 11.7. The van der Waals surface area contributed by atoms with Crippen molar-refractivity contribution in [3.63, 3.8) is 0 Å². The summed E-state index contributed by atoms with van der Waals surface area (Å²) in [6.45, 7) is 0.137. The molecular weight excluding hydrogens is 310 g/mol. The Balaban J connectivity index is 1.68. The third-order valence-corrected chi connectivity index (χ3v) is 5.17. The van der Waals surface area contributed by atoms with E-state index in [0.717, 1.165) is 17.6 Å². The molecule has 0 fully saturated rings. The highest BCUT2D eigenvalue weighted by atomic mass is 32.2. The van der Waals surface area contributed by atoms with Crippen LogP contribution in [0.5, 0.6) is 0 Å². The maximum absolute atomic E-state index is 11.9. The molecule has 0 heterocycles. The SMILES string of the molecule is O=C(/C=C/c1ccccc1)NCCS(=O)(=O)CCC1=CC=CC1. The molecular formula is C18H21NO3S. The van der Waals surface area contributed by atoms with Crippen LogP contribution >= 0.6 is 0 Å². The van der Waals surface area contributed by atoms with Crippen LogP contribution in [0.2, 0.25) is 0 Å². The van der Waals surface area contributed by atoms with Crippen LogP contribution in [0.4, 0.5) is 0 Å². The maximum Gasteiger partial charge on any atom is 0.244 e. The Kier molecular flexibility index (Phi) is 6.35. The fourth-order valence-electron chi connectivity index (χ4n) is 2.19. The van der Waals surface area contributed by atoms with Gasteiger partial charge in [-0.25, -0.2) is 8.42 Å². The van der Waals surface area contributed by atoms with Gasteiger partial charge in [0.25, 0.3) is 0 Å². The second kappa shape index (κ2) is 8.48. The van der Waals surface area contributed by atoms with Gasteiger partial charge in [-0.05, 0) is 24.5 Å². The quantitative estimate of drug-likeness (QED) is 0.745. The highest BCUT2D eigenvalue weighted by molar-refractivity contribution is 7.91. The zero-order valence-electron chi connectivity index (χ0n) is 12.9. The second-order valence-electron chi connectivity index (χ2n) is 5.39. The zero-order chi connectivity index (χ0) is 16.5. The summed E-state index contributed by atoms with van der Waals surface area (Å²) in [6, 6.07) is 9.46. The summed E-state index contributed by atoms with van der Waals surface area (Å²) in [6.07, 6.45) is 10.4. The van der Waals surface area contributed by atoms with Crippen molar-refractivity contribution < 1.29 is 13.2 Å². The summed E-state index contributed by atoms with van der Waals surface area (Å²) in [5.74, 6) is -0.179. The summed E-state index contributed by atoms with van der Waals surface area (Å²) in [5.41, 5.74) is 2.07. The smallest absolute Gasteiger partial charge is 0.244 e. The standard InChI is InChI=1S/C18H21NO3S/c20-18(11-10-16-6-2-1-3-7-16)19-13-15-23(21,22)14-12-17-8-4-5-9-17/h1-8,10-11H,9,12-15H2,(H,19,20)/b11-10+. The first kappa shape index (κ1) is 17.2. The van der Waals surface area contributed by atoms with Crippen LogP contribution in [0, 0.1) is 0 Å². The minimum absolute atomic E-state index is 0.0291. The second-order valence-corrected chi connectivity index (χ2v) is 7.70. The van der Waals surface area contributed by atoms with Crippen LogP contribution in [0.25, 0.3) is 6.08 Å². The molecule has 1 amide bonds. The Labute approximate surface area is 137 Å². The van der Waals surface area contributed by atoms with Gasteiger partial charge in [0.2, 0.25) is 5.91 Å². The Bertz CT molecular complexity index is 716. The van der Waals surface area contributed by atoms with Crippen LogP contribution < -0.4 is 5.32 Å². The first-order chi connectivity index (χ1) is 11.1. The highest BCUT2D eigenvalue weighted by Gasteiger charge is 2.12. The molecule has 0 bridgehead atoms. The predicted molar refractivity (Wildman–Crippen MR) is 93.6 cm³/mol. The molecule has 0 atom stereocenters. The Morgan fingerprint density at radius 2 is 1.96 bits per heavy atom. The predicted octanol–water partition coefficient (Wildman–Crippen LogP) is 2.51. The molecule has 0 aliphatic heterocycles. The fourth-order valence-corrected chi connectivity index (χ4v) is 3.38. The van der Waals surface area contributed by atoms with Gasteiger partial charge in [-0.1, -0.05) is 54.1 Å². The van der Waals surface area contributed by atoms with Gasteiger partial charge in [-0.15, -0.1) is 0 Å². The number of sulfone groups is 1. The van der Waals surface area contributed by atoms with Crippen molar-refractivity contribution in [2.45, 2.75) is 12.8 Å². The minimum atomic E-state index is -3.14. The number of rotatable bonds is 8. The number of benzene rings is 1. The number of carbonyl (C=O) groups is 1. The van der Waals surface area contributed by atoms with E-state index in [4.69, 9.17) is 0 Å². The molecule has 1 aliphatic carbocycles. The number of hydrogen-bond acceptors (Lipinski definition) is 3. The van der Waals surface area contributed by atoms with Gasteiger partial charge in [-0.3, -0.25) is 4.79 Å². The van der Waals surface area contributed by atoms with Crippen LogP contribution in [0.3, 0.4) is 0 Å². The average Bonchev–Trinajstić information content (AvgIpc) is 3.05. The molecule has 4 nitrogen and oxygen atoms in total. The lowest BCUT2D eigenvalue weighted by Crippen LogP contribution is -2.28. The molecule has 1 aliphatic rings. The number of hydrogen-bond donors (Lipinski definition) is 1. The van der Waals surface area contributed by atoms with Crippen molar-refractivity contribution in [1.29, 1.82) is 0 Å². The van der Waals surface area contributed by atoms with Gasteiger partial charge < -0.3 is 5.32 Å². The van der Waals surface area contributed by atoms with Crippen molar-refractivity contribution >= 4 is 21.8 Å². The molecule has 0 radical (unpaired) electrons. The lowest BCUT2D eigenvalue weighted by atomic mass is 10.2. The van der Waals surface area contributed by atoms with Crippen molar-refractivity contribution in [2.24, 2.45) is 0 Å². The molecule has 1 N–H and O–H groups in total. The summed E-state index contributed by atoms with van der Waals surface area (Å²) >= 11 is 0. The number of allylic oxidation sites excluding steroid dienone is 4. The molecule has 1 aromatic carbocycles. The van der Waals surface area contributed by atoms with Gasteiger partial charge in [0.15, 0.2) is 9.84 Å². The largest absolute Gasteiger partial charge is 0.352 e. The Hall–Kier alpha value is -2.14. The molecule has 0 saturated heterocycles. The highest BCUT2D eigenvalue weighted by Crippen LogP contribution is 2.15. The lowest BCUT2D eigenvalue weighted by molar-refractivity contribution is -0.116. The third kappa shape index (κ3) is 6.65. The normalized spacial score (nSPS) is 14.2. The minimum Gasteiger partial charge on any atom is -0.352 e. The summed E-state index contributed by atoms with van der Waals surface area (Å²) in [7, 11) is -3.14. The van der Waals surface area contributed by atoms with E-state index < -0.39 is 9.84 Å². The molecule has 1 aromatic rings. The third-order valence-electron chi connectivity index (χ3n) is 3.52. The molecule has 0 saturated carbocycles. The van der Waals surface area contributed by atoms with Crippen LogP contribution in [-0.4, -0.2) is 32.4 Å². The first-order valence-electron chi connectivity index (χ1n) is 7.61. The van der Waals surface area contributed by atoms with E-state index in [2.05, 4.69) is 5.32 Å². The number of nitrogens with one attached hydrogen (secondary N) is 1. The van der Waals surface area contributed by atoms with E-state index >= 15 is 0 Å². The molecule has 5 heteroatoms.